The van der Waals surface area contributed by atoms with E-state index in [1.54, 1.807) is 0 Å². The molecule has 0 N–H and O–H groups in total. The molecule has 1 aromatic heterocycles. The first-order valence-electron chi connectivity index (χ1n) is 7.97. The molecule has 2 aromatic rings. The van der Waals surface area contributed by atoms with E-state index in [9.17, 15) is 4.79 Å². The molecule has 1 aromatic carbocycles. The summed E-state index contributed by atoms with van der Waals surface area (Å²) in [6.07, 6.45) is 1.68. The first-order valence-corrected chi connectivity index (χ1v) is 7.97. The second kappa shape index (κ2) is 6.34. The number of pyridine rings is 1. The van der Waals surface area contributed by atoms with Crippen molar-refractivity contribution in [3.8, 4) is 0 Å². The normalized spacial score (nSPS) is 16.0. The van der Waals surface area contributed by atoms with E-state index in [4.69, 9.17) is 9.72 Å². The number of aryl methyl sites for hydroxylation is 1. The van der Waals surface area contributed by atoms with Crippen LogP contribution in [-0.4, -0.2) is 30.6 Å². The molecule has 22 heavy (non-hydrogen) atoms. The smallest absolute Gasteiger partial charge is 0.309 e. The lowest BCUT2D eigenvalue weighted by Crippen LogP contribution is -2.37. The summed E-state index contributed by atoms with van der Waals surface area (Å²) in [5.74, 6) is 1.00. The van der Waals surface area contributed by atoms with Gasteiger partial charge in [0.05, 0.1) is 18.0 Å². The fraction of sp³-hybridized carbons (Fsp3) is 0.444. The first-order chi connectivity index (χ1) is 10.7. The Morgan fingerprint density at radius 1 is 1.32 bits per heavy atom. The molecule has 0 atom stereocenters. The highest BCUT2D eigenvalue weighted by Crippen LogP contribution is 2.26. The number of nitrogens with zero attached hydrogens (tertiary/aromatic N) is 2. The van der Waals surface area contributed by atoms with Crippen LogP contribution in [0, 0.1) is 12.8 Å². The second-order valence-electron chi connectivity index (χ2n) is 5.83. The van der Waals surface area contributed by atoms with Gasteiger partial charge in [-0.1, -0.05) is 18.2 Å². The number of para-hydroxylation sites is 1. The number of hydrogen-bond acceptors (Lipinski definition) is 4. The van der Waals surface area contributed by atoms with E-state index in [2.05, 4.69) is 30.0 Å². The van der Waals surface area contributed by atoms with Crippen LogP contribution in [0.15, 0.2) is 30.3 Å². The number of aromatic nitrogens is 1. The number of carbonyl (C=O) groups is 1. The van der Waals surface area contributed by atoms with Crippen molar-refractivity contribution >= 4 is 22.7 Å². The van der Waals surface area contributed by atoms with E-state index in [0.717, 1.165) is 37.3 Å². The maximum atomic E-state index is 11.8. The summed E-state index contributed by atoms with van der Waals surface area (Å²) < 4.78 is 5.13. The minimum atomic E-state index is -0.0511. The standard InChI is InChI=1S/C18H22N2O2/c1-3-22-18(21)14-8-10-20(11-9-14)17-12-13(2)15-6-4-5-7-16(15)19-17/h4-7,12,14H,3,8-11H2,1-2H3. The van der Waals surface area contributed by atoms with Crippen LogP contribution in [0.4, 0.5) is 5.82 Å². The summed E-state index contributed by atoms with van der Waals surface area (Å²) in [7, 11) is 0. The molecule has 4 heteroatoms. The Balaban J connectivity index is 1.75. The number of benzene rings is 1. The minimum Gasteiger partial charge on any atom is -0.466 e. The van der Waals surface area contributed by atoms with Crippen molar-refractivity contribution in [2.45, 2.75) is 26.7 Å². The number of anilines is 1. The Hall–Kier alpha value is -2.10. The molecule has 0 radical (unpaired) electrons. The predicted octanol–water partition coefficient (Wildman–Crippen LogP) is 3.32. The molecule has 3 rings (SSSR count). The zero-order chi connectivity index (χ0) is 15.5. The van der Waals surface area contributed by atoms with Gasteiger partial charge in [0.25, 0.3) is 0 Å². The molecule has 1 aliphatic rings. The van der Waals surface area contributed by atoms with Crippen LogP contribution in [0.2, 0.25) is 0 Å². The number of fused-ring (bicyclic) bond motifs is 1. The van der Waals surface area contributed by atoms with E-state index in [-0.39, 0.29) is 11.9 Å². The Kier molecular flexibility index (Phi) is 4.27. The molecule has 1 aliphatic heterocycles. The van der Waals surface area contributed by atoms with Crippen molar-refractivity contribution in [3.05, 3.63) is 35.9 Å². The Bertz CT molecular complexity index is 676. The minimum absolute atomic E-state index is 0.0396. The molecular weight excluding hydrogens is 276 g/mol. The Labute approximate surface area is 131 Å². The highest BCUT2D eigenvalue weighted by atomic mass is 16.5. The van der Waals surface area contributed by atoms with Crippen LogP contribution < -0.4 is 4.90 Å². The zero-order valence-electron chi connectivity index (χ0n) is 13.2. The van der Waals surface area contributed by atoms with Gasteiger partial charge in [-0.25, -0.2) is 4.98 Å². The molecule has 0 aliphatic carbocycles. The van der Waals surface area contributed by atoms with Gasteiger partial charge in [0.2, 0.25) is 0 Å². The van der Waals surface area contributed by atoms with Gasteiger partial charge in [0.15, 0.2) is 0 Å². The van der Waals surface area contributed by atoms with Crippen LogP contribution >= 0.6 is 0 Å². The lowest BCUT2D eigenvalue weighted by Gasteiger charge is -2.32. The summed E-state index contributed by atoms with van der Waals surface area (Å²) in [6.45, 7) is 6.15. The van der Waals surface area contributed by atoms with Crippen molar-refractivity contribution in [1.29, 1.82) is 0 Å². The van der Waals surface area contributed by atoms with Crippen LogP contribution in [0.25, 0.3) is 10.9 Å². The van der Waals surface area contributed by atoms with Gasteiger partial charge in [-0.2, -0.15) is 0 Å². The van der Waals surface area contributed by atoms with Crippen LogP contribution in [0.5, 0.6) is 0 Å². The van der Waals surface area contributed by atoms with Crippen LogP contribution in [-0.2, 0) is 9.53 Å². The van der Waals surface area contributed by atoms with Crippen molar-refractivity contribution in [2.24, 2.45) is 5.92 Å². The van der Waals surface area contributed by atoms with Gasteiger partial charge in [-0.05, 0) is 44.4 Å². The van der Waals surface area contributed by atoms with Crippen LogP contribution in [0.1, 0.15) is 25.3 Å². The van der Waals surface area contributed by atoms with Gasteiger partial charge >= 0.3 is 5.97 Å². The Morgan fingerprint density at radius 3 is 2.77 bits per heavy atom. The largest absolute Gasteiger partial charge is 0.466 e. The van der Waals surface area contributed by atoms with E-state index in [1.165, 1.54) is 10.9 Å². The highest BCUT2D eigenvalue weighted by molar-refractivity contribution is 5.83. The highest BCUT2D eigenvalue weighted by Gasteiger charge is 2.26. The summed E-state index contributed by atoms with van der Waals surface area (Å²) in [5.41, 5.74) is 2.28. The quantitative estimate of drug-likeness (QED) is 0.815. The number of ether oxygens (including phenoxy) is 1. The first kappa shape index (κ1) is 14.8. The molecule has 116 valence electrons. The lowest BCUT2D eigenvalue weighted by atomic mass is 9.97. The molecule has 0 amide bonds. The molecule has 4 nitrogen and oxygen atoms in total. The van der Waals surface area contributed by atoms with Gasteiger partial charge in [0, 0.05) is 18.5 Å². The topological polar surface area (TPSA) is 42.4 Å². The van der Waals surface area contributed by atoms with E-state index >= 15 is 0 Å². The summed E-state index contributed by atoms with van der Waals surface area (Å²) in [5, 5.41) is 1.20. The maximum absolute atomic E-state index is 11.8. The van der Waals surface area contributed by atoms with Crippen LogP contribution in [0.3, 0.4) is 0 Å². The molecule has 0 bridgehead atoms. The number of piperidine rings is 1. The van der Waals surface area contributed by atoms with Crippen molar-refractivity contribution < 1.29 is 9.53 Å². The average Bonchev–Trinajstić information content (AvgIpc) is 2.55. The van der Waals surface area contributed by atoms with Gasteiger partial charge < -0.3 is 9.64 Å². The fourth-order valence-electron chi connectivity index (χ4n) is 3.10. The molecule has 2 heterocycles. The lowest BCUT2D eigenvalue weighted by molar-refractivity contribution is -0.148. The van der Waals surface area contributed by atoms with E-state index in [0.29, 0.717) is 6.61 Å². The monoisotopic (exact) mass is 298 g/mol. The molecule has 1 saturated heterocycles. The third-order valence-corrected chi connectivity index (χ3v) is 4.35. The average molecular weight is 298 g/mol. The van der Waals surface area contributed by atoms with Crippen molar-refractivity contribution in [2.75, 3.05) is 24.6 Å². The summed E-state index contributed by atoms with van der Waals surface area (Å²) in [6, 6.07) is 10.4. The molecule has 0 saturated carbocycles. The molecule has 0 spiro atoms. The number of esters is 1. The second-order valence-corrected chi connectivity index (χ2v) is 5.83. The molecular formula is C18H22N2O2. The number of hydrogen-bond donors (Lipinski definition) is 0. The van der Waals surface area contributed by atoms with Crippen molar-refractivity contribution in [1.82, 2.24) is 4.98 Å². The molecule has 0 unspecified atom stereocenters. The van der Waals surface area contributed by atoms with Gasteiger partial charge in [-0.3, -0.25) is 4.79 Å². The Morgan fingerprint density at radius 2 is 2.05 bits per heavy atom. The van der Waals surface area contributed by atoms with E-state index < -0.39 is 0 Å². The zero-order valence-corrected chi connectivity index (χ0v) is 13.2. The third kappa shape index (κ3) is 2.91. The fourth-order valence-corrected chi connectivity index (χ4v) is 3.10. The number of carbonyl (C=O) groups excluding carboxylic acids is 1. The molecule has 1 fully saturated rings. The maximum Gasteiger partial charge on any atom is 0.309 e. The van der Waals surface area contributed by atoms with Gasteiger partial charge in [-0.15, -0.1) is 0 Å². The van der Waals surface area contributed by atoms with Gasteiger partial charge in [0.1, 0.15) is 5.82 Å². The van der Waals surface area contributed by atoms with E-state index in [1.807, 2.05) is 19.1 Å². The third-order valence-electron chi connectivity index (χ3n) is 4.35. The SMILES string of the molecule is CCOC(=O)C1CCN(c2cc(C)c3ccccc3n2)CC1. The van der Waals surface area contributed by atoms with Crippen molar-refractivity contribution in [3.63, 3.8) is 0 Å². The number of rotatable bonds is 3. The predicted molar refractivity (Wildman–Crippen MR) is 88.1 cm³/mol. The summed E-state index contributed by atoms with van der Waals surface area (Å²) in [4.78, 5) is 18.9. The summed E-state index contributed by atoms with van der Waals surface area (Å²) >= 11 is 0.